The fourth-order valence-electron chi connectivity index (χ4n) is 2.74. The van der Waals surface area contributed by atoms with Gasteiger partial charge in [-0.2, -0.15) is 0 Å². The average Bonchev–Trinajstić information content (AvgIpc) is 3.04. The molecule has 1 aromatic carbocycles. The Balaban J connectivity index is 1.64. The number of amides is 2. The second kappa shape index (κ2) is 11.2. The van der Waals surface area contributed by atoms with Gasteiger partial charge in [-0.1, -0.05) is 49.4 Å². The lowest BCUT2D eigenvalue weighted by atomic mass is 9.92. The Bertz CT molecular complexity index is 773. The van der Waals surface area contributed by atoms with E-state index in [1.165, 1.54) is 6.08 Å². The smallest absolute Gasteiger partial charge is 0.286 e. The van der Waals surface area contributed by atoms with E-state index < -0.39 is 11.5 Å². The van der Waals surface area contributed by atoms with Gasteiger partial charge in [-0.3, -0.25) is 14.4 Å². The number of benzene rings is 1. The van der Waals surface area contributed by atoms with Crippen LogP contribution in [0.5, 0.6) is 0 Å². The number of allylic oxidation sites excluding steroid dienone is 1. The highest BCUT2D eigenvalue weighted by molar-refractivity contribution is 6.07. The number of nitrogens with one attached hydrogen (secondary N) is 2. The summed E-state index contributed by atoms with van der Waals surface area (Å²) >= 11 is 0. The lowest BCUT2D eigenvalue weighted by Gasteiger charge is -2.23. The lowest BCUT2D eigenvalue weighted by Crippen LogP contribution is -2.33. The van der Waals surface area contributed by atoms with E-state index >= 15 is 0 Å². The van der Waals surface area contributed by atoms with Crippen LogP contribution in [0.25, 0.3) is 0 Å². The highest BCUT2D eigenvalue weighted by atomic mass is 16.5. The summed E-state index contributed by atoms with van der Waals surface area (Å²) in [5.74, 6) is -0.788. The highest BCUT2D eigenvalue weighted by Crippen LogP contribution is 2.34. The first-order valence-corrected chi connectivity index (χ1v) is 9.75. The molecule has 2 rings (SSSR count). The summed E-state index contributed by atoms with van der Waals surface area (Å²) < 4.78 is 11.1. The van der Waals surface area contributed by atoms with Crippen molar-refractivity contribution in [3.8, 4) is 0 Å². The van der Waals surface area contributed by atoms with Crippen LogP contribution in [0.3, 0.4) is 0 Å². The second-order valence-corrected chi connectivity index (χ2v) is 6.68. The minimum atomic E-state index is -1.19. The Morgan fingerprint density at radius 2 is 1.79 bits per heavy atom. The van der Waals surface area contributed by atoms with Crippen LogP contribution in [-0.4, -0.2) is 43.9 Å². The van der Waals surface area contributed by atoms with E-state index in [1.54, 1.807) is 19.1 Å². The van der Waals surface area contributed by atoms with Crippen molar-refractivity contribution in [1.82, 2.24) is 10.6 Å². The van der Waals surface area contributed by atoms with E-state index in [0.717, 1.165) is 6.42 Å². The van der Waals surface area contributed by atoms with Gasteiger partial charge < -0.3 is 20.1 Å². The SMILES string of the molecule is CC/C=C\CC(=O)NCCOCCNC(=O)C1=CC(=O)C(C)(c2ccccc2)O1. The van der Waals surface area contributed by atoms with E-state index in [0.29, 0.717) is 25.1 Å². The Morgan fingerprint density at radius 1 is 1.10 bits per heavy atom. The molecule has 1 heterocycles. The Labute approximate surface area is 171 Å². The average molecular weight is 400 g/mol. The molecule has 29 heavy (non-hydrogen) atoms. The molecule has 1 atom stereocenters. The molecule has 0 saturated heterocycles. The summed E-state index contributed by atoms with van der Waals surface area (Å²) in [5, 5.41) is 5.41. The first-order valence-electron chi connectivity index (χ1n) is 9.75. The van der Waals surface area contributed by atoms with Crippen LogP contribution >= 0.6 is 0 Å². The van der Waals surface area contributed by atoms with Crippen molar-refractivity contribution in [3.63, 3.8) is 0 Å². The third-order valence-corrected chi connectivity index (χ3v) is 4.40. The number of hydrogen-bond donors (Lipinski definition) is 2. The molecule has 0 aromatic heterocycles. The fourth-order valence-corrected chi connectivity index (χ4v) is 2.74. The van der Waals surface area contributed by atoms with Crippen molar-refractivity contribution < 1.29 is 23.9 Å². The molecule has 7 heteroatoms. The molecule has 2 N–H and O–H groups in total. The molecule has 1 aliphatic rings. The maximum absolute atomic E-state index is 12.4. The summed E-state index contributed by atoms with van der Waals surface area (Å²) in [5.41, 5.74) is -0.491. The summed E-state index contributed by atoms with van der Waals surface area (Å²) in [6, 6.07) is 9.06. The molecular weight excluding hydrogens is 372 g/mol. The molecule has 1 unspecified atom stereocenters. The Morgan fingerprint density at radius 3 is 2.48 bits per heavy atom. The van der Waals surface area contributed by atoms with Gasteiger partial charge in [-0.25, -0.2) is 0 Å². The van der Waals surface area contributed by atoms with Crippen LogP contribution in [0.15, 0.2) is 54.3 Å². The van der Waals surface area contributed by atoms with Gasteiger partial charge in [-0.05, 0) is 13.3 Å². The van der Waals surface area contributed by atoms with Gasteiger partial charge in [0.05, 0.1) is 13.2 Å². The third-order valence-electron chi connectivity index (χ3n) is 4.40. The van der Waals surface area contributed by atoms with Crippen molar-refractivity contribution >= 4 is 17.6 Å². The molecular formula is C22H28N2O5. The summed E-state index contributed by atoms with van der Waals surface area (Å²) in [6.07, 6.45) is 6.27. The maximum atomic E-state index is 12.4. The van der Waals surface area contributed by atoms with Crippen molar-refractivity contribution in [1.29, 1.82) is 0 Å². The Kier molecular flexibility index (Phi) is 8.61. The summed E-state index contributed by atoms with van der Waals surface area (Å²) in [4.78, 5) is 36.1. The zero-order chi connectivity index (χ0) is 21.1. The van der Waals surface area contributed by atoms with Gasteiger partial charge in [0, 0.05) is 31.1 Å². The topological polar surface area (TPSA) is 93.7 Å². The Hall–Kier alpha value is -2.93. The molecule has 1 aliphatic heterocycles. The van der Waals surface area contributed by atoms with Gasteiger partial charge in [0.15, 0.2) is 11.4 Å². The van der Waals surface area contributed by atoms with Gasteiger partial charge in [-0.15, -0.1) is 0 Å². The molecule has 0 radical (unpaired) electrons. The molecule has 2 amide bonds. The largest absolute Gasteiger partial charge is 0.469 e. The summed E-state index contributed by atoms with van der Waals surface area (Å²) in [7, 11) is 0. The van der Waals surface area contributed by atoms with E-state index in [9.17, 15) is 14.4 Å². The highest BCUT2D eigenvalue weighted by Gasteiger charge is 2.43. The van der Waals surface area contributed by atoms with Crippen molar-refractivity contribution in [3.05, 3.63) is 59.9 Å². The molecule has 1 aromatic rings. The zero-order valence-corrected chi connectivity index (χ0v) is 16.9. The first-order chi connectivity index (χ1) is 14.0. The van der Waals surface area contributed by atoms with Gasteiger partial charge >= 0.3 is 0 Å². The van der Waals surface area contributed by atoms with Crippen molar-refractivity contribution in [2.24, 2.45) is 0 Å². The van der Waals surface area contributed by atoms with Crippen molar-refractivity contribution in [2.75, 3.05) is 26.3 Å². The quantitative estimate of drug-likeness (QED) is 0.438. The predicted molar refractivity (Wildman–Crippen MR) is 109 cm³/mol. The van der Waals surface area contributed by atoms with Gasteiger partial charge in [0.1, 0.15) is 0 Å². The first kappa shape index (κ1) is 22.4. The minimum absolute atomic E-state index is 0.00579. The van der Waals surface area contributed by atoms with Gasteiger partial charge in [0.25, 0.3) is 5.91 Å². The molecule has 0 fully saturated rings. The monoisotopic (exact) mass is 400 g/mol. The van der Waals surface area contributed by atoms with Crippen LogP contribution in [0.1, 0.15) is 32.3 Å². The third kappa shape index (κ3) is 6.57. The van der Waals surface area contributed by atoms with Crippen LogP contribution in [0, 0.1) is 0 Å². The zero-order valence-electron chi connectivity index (χ0n) is 16.9. The fraction of sp³-hybridized carbons (Fsp3) is 0.409. The molecule has 0 aliphatic carbocycles. The number of carbonyl (C=O) groups is 3. The van der Waals surface area contributed by atoms with Crippen LogP contribution in [0.4, 0.5) is 0 Å². The number of hydrogen-bond acceptors (Lipinski definition) is 5. The molecule has 0 bridgehead atoms. The molecule has 0 spiro atoms. The number of rotatable bonds is 11. The molecule has 0 saturated carbocycles. The van der Waals surface area contributed by atoms with E-state index in [4.69, 9.17) is 9.47 Å². The normalized spacial score (nSPS) is 18.4. The van der Waals surface area contributed by atoms with Crippen molar-refractivity contribution in [2.45, 2.75) is 32.3 Å². The van der Waals surface area contributed by atoms with Crippen LogP contribution < -0.4 is 10.6 Å². The molecule has 156 valence electrons. The standard InChI is InChI=1S/C22H28N2O5/c1-3-4-6-11-20(26)23-12-14-28-15-13-24-21(27)18-16-19(25)22(2,29-18)17-9-7-5-8-10-17/h4-10,16H,3,11-15H2,1-2H3,(H,23,26)(H,24,27)/b6-4-. The predicted octanol–water partition coefficient (Wildman–Crippen LogP) is 1.99. The van der Waals surface area contributed by atoms with Gasteiger partial charge in [0.2, 0.25) is 11.7 Å². The van der Waals surface area contributed by atoms with E-state index in [1.807, 2.05) is 37.3 Å². The maximum Gasteiger partial charge on any atom is 0.286 e. The number of ether oxygens (including phenoxy) is 2. The number of ketones is 1. The second-order valence-electron chi connectivity index (χ2n) is 6.68. The molecule has 7 nitrogen and oxygen atoms in total. The van der Waals surface area contributed by atoms with Crippen LogP contribution in [-0.2, 0) is 29.5 Å². The summed E-state index contributed by atoms with van der Waals surface area (Å²) in [6.45, 7) is 4.97. The van der Waals surface area contributed by atoms with E-state index in [2.05, 4.69) is 10.6 Å². The van der Waals surface area contributed by atoms with E-state index in [-0.39, 0.29) is 30.6 Å². The van der Waals surface area contributed by atoms with Crippen LogP contribution in [0.2, 0.25) is 0 Å². The minimum Gasteiger partial charge on any atom is -0.469 e. The lowest BCUT2D eigenvalue weighted by molar-refractivity contribution is -0.132. The number of carbonyl (C=O) groups excluding carboxylic acids is 3.